The van der Waals surface area contributed by atoms with E-state index in [1.54, 1.807) is 6.92 Å². The number of hydrogen-bond donors (Lipinski definition) is 0. The maximum Gasteiger partial charge on any atom is 0.433 e. The molecule has 1 heterocycles. The third-order valence-electron chi connectivity index (χ3n) is 3.79. The Morgan fingerprint density at radius 1 is 1.25 bits per heavy atom. The molecule has 0 fully saturated rings. The van der Waals surface area contributed by atoms with Crippen molar-refractivity contribution in [3.63, 3.8) is 0 Å². The van der Waals surface area contributed by atoms with Crippen LogP contribution in [-0.2, 0) is 19.1 Å². The zero-order valence-electron chi connectivity index (χ0n) is 13.7. The number of carbonyl (C=O) groups is 1. The molecule has 0 radical (unpaired) electrons. The lowest BCUT2D eigenvalue weighted by Gasteiger charge is -2.18. The fraction of sp³-hybridized carbons (Fsp3) is 0.412. The highest BCUT2D eigenvalue weighted by atomic mass is 19.4. The van der Waals surface area contributed by atoms with Crippen LogP contribution in [0.5, 0.6) is 0 Å². The Bertz CT molecular complexity index is 680. The minimum absolute atomic E-state index is 0.0554. The topological polar surface area (TPSA) is 38.1 Å². The Morgan fingerprint density at radius 3 is 2.50 bits per heavy atom. The van der Waals surface area contributed by atoms with E-state index in [0.717, 1.165) is 22.9 Å². The molecule has 0 aliphatic heterocycles. The van der Waals surface area contributed by atoms with Crippen LogP contribution in [0.25, 0.3) is 0 Å². The number of benzene rings is 1. The number of rotatable bonds is 6. The monoisotopic (exact) mass is 339 g/mol. The summed E-state index contributed by atoms with van der Waals surface area (Å²) >= 11 is 0. The minimum atomic E-state index is -4.61. The van der Waals surface area contributed by atoms with Gasteiger partial charge < -0.3 is 4.90 Å². The van der Waals surface area contributed by atoms with E-state index < -0.39 is 23.3 Å². The Balaban J connectivity index is 2.04. The average molecular weight is 339 g/mol. The molecule has 0 saturated heterocycles. The molecule has 2 aromatic rings. The molecule has 1 aromatic heterocycles. The quantitative estimate of drug-likeness (QED) is 0.806. The van der Waals surface area contributed by atoms with Crippen molar-refractivity contribution in [3.8, 4) is 0 Å². The minimum Gasteiger partial charge on any atom is -0.342 e. The summed E-state index contributed by atoms with van der Waals surface area (Å²) < 4.78 is 40.4. The van der Waals surface area contributed by atoms with Gasteiger partial charge in [-0.25, -0.2) is 0 Å². The molecule has 1 amide bonds. The molecule has 0 unspecified atom stereocenters. The lowest BCUT2D eigenvalue weighted by atomic mass is 10.1. The van der Waals surface area contributed by atoms with E-state index in [-0.39, 0.29) is 6.54 Å². The first-order valence-electron chi connectivity index (χ1n) is 7.77. The molecular weight excluding hydrogens is 319 g/mol. The highest BCUT2D eigenvalue weighted by molar-refractivity contribution is 5.95. The Kier molecular flexibility index (Phi) is 5.64. The number of aromatic nitrogens is 2. The molecular formula is C17H20F3N3O. The zero-order valence-corrected chi connectivity index (χ0v) is 13.7. The van der Waals surface area contributed by atoms with E-state index in [2.05, 4.69) is 5.10 Å². The lowest BCUT2D eigenvalue weighted by Crippen LogP contribution is -2.30. The van der Waals surface area contributed by atoms with Crippen LogP contribution in [0.15, 0.2) is 36.5 Å². The fourth-order valence-corrected chi connectivity index (χ4v) is 2.55. The number of alkyl halides is 3. The largest absolute Gasteiger partial charge is 0.433 e. The van der Waals surface area contributed by atoms with E-state index in [4.69, 9.17) is 0 Å². The highest BCUT2D eigenvalue weighted by Gasteiger charge is 2.40. The third-order valence-corrected chi connectivity index (χ3v) is 3.79. The normalized spacial score (nSPS) is 11.5. The molecule has 0 saturated carbocycles. The van der Waals surface area contributed by atoms with Crippen molar-refractivity contribution >= 4 is 5.91 Å². The number of halogens is 3. The van der Waals surface area contributed by atoms with Gasteiger partial charge in [0, 0.05) is 20.1 Å². The van der Waals surface area contributed by atoms with E-state index in [0.29, 0.717) is 13.0 Å². The maximum absolute atomic E-state index is 13.2. The van der Waals surface area contributed by atoms with Gasteiger partial charge in [0.25, 0.3) is 5.91 Å². The Hall–Kier alpha value is -2.31. The lowest BCUT2D eigenvalue weighted by molar-refractivity contribution is -0.144. The zero-order chi connectivity index (χ0) is 17.7. The Morgan fingerprint density at radius 2 is 1.92 bits per heavy atom. The van der Waals surface area contributed by atoms with E-state index in [1.165, 1.54) is 11.9 Å². The number of carbonyl (C=O) groups excluding carboxylic acids is 1. The first kappa shape index (κ1) is 18.0. The van der Waals surface area contributed by atoms with Crippen LogP contribution in [0.3, 0.4) is 0 Å². The van der Waals surface area contributed by atoms with Crippen LogP contribution < -0.4 is 0 Å². The molecule has 0 aliphatic carbocycles. The van der Waals surface area contributed by atoms with Gasteiger partial charge in [-0.2, -0.15) is 18.3 Å². The van der Waals surface area contributed by atoms with Crippen molar-refractivity contribution in [1.82, 2.24) is 14.7 Å². The van der Waals surface area contributed by atoms with Crippen LogP contribution in [0.4, 0.5) is 13.2 Å². The van der Waals surface area contributed by atoms with E-state index in [1.807, 2.05) is 30.3 Å². The molecule has 0 bridgehead atoms. The molecule has 1 aromatic carbocycles. The second kappa shape index (κ2) is 7.51. The summed E-state index contributed by atoms with van der Waals surface area (Å²) in [7, 11) is 1.51. The Labute approximate surface area is 138 Å². The molecule has 0 aliphatic rings. The number of hydrogen-bond acceptors (Lipinski definition) is 2. The van der Waals surface area contributed by atoms with Gasteiger partial charge in [-0.15, -0.1) is 0 Å². The number of amides is 1. The smallest absolute Gasteiger partial charge is 0.342 e. The second-order valence-corrected chi connectivity index (χ2v) is 5.54. The van der Waals surface area contributed by atoms with Crippen molar-refractivity contribution in [2.75, 3.05) is 13.6 Å². The maximum atomic E-state index is 13.2. The van der Waals surface area contributed by atoms with Gasteiger partial charge in [0.15, 0.2) is 5.69 Å². The summed E-state index contributed by atoms with van der Waals surface area (Å²) in [5.41, 5.74) is -0.246. The first-order chi connectivity index (χ1) is 11.3. The highest BCUT2D eigenvalue weighted by Crippen LogP contribution is 2.32. The van der Waals surface area contributed by atoms with Gasteiger partial charge >= 0.3 is 6.18 Å². The van der Waals surface area contributed by atoms with E-state index in [9.17, 15) is 18.0 Å². The van der Waals surface area contributed by atoms with Crippen molar-refractivity contribution in [3.05, 3.63) is 53.3 Å². The molecule has 130 valence electrons. The molecule has 0 spiro atoms. The van der Waals surface area contributed by atoms with Crippen LogP contribution in [0.1, 0.15) is 35.0 Å². The summed E-state index contributed by atoms with van der Waals surface area (Å²) in [6, 6.07) is 9.74. The first-order valence-corrected chi connectivity index (χ1v) is 7.77. The number of aryl methyl sites for hydroxylation is 2. The summed E-state index contributed by atoms with van der Waals surface area (Å²) in [5.74, 6) is -0.657. The summed E-state index contributed by atoms with van der Waals surface area (Å²) in [4.78, 5) is 13.7. The predicted molar refractivity (Wildman–Crippen MR) is 84.6 cm³/mol. The predicted octanol–water partition coefficient (Wildman–Crippen LogP) is 3.63. The van der Waals surface area contributed by atoms with Gasteiger partial charge in [0.05, 0.1) is 11.8 Å². The molecule has 4 nitrogen and oxygen atoms in total. The molecule has 0 atom stereocenters. The fourth-order valence-electron chi connectivity index (χ4n) is 2.55. The SMILES string of the molecule is CCn1ncc(C(=O)N(C)CCCc2ccccc2)c1C(F)(F)F. The van der Waals surface area contributed by atoms with Crippen LogP contribution >= 0.6 is 0 Å². The van der Waals surface area contributed by atoms with Crippen molar-refractivity contribution in [2.24, 2.45) is 0 Å². The summed E-state index contributed by atoms with van der Waals surface area (Å²) in [6.45, 7) is 1.99. The van der Waals surface area contributed by atoms with Crippen LogP contribution in [0, 0.1) is 0 Å². The third kappa shape index (κ3) is 4.15. The van der Waals surface area contributed by atoms with Gasteiger partial charge in [0.2, 0.25) is 0 Å². The van der Waals surface area contributed by atoms with Gasteiger partial charge in [-0.05, 0) is 25.3 Å². The molecule has 24 heavy (non-hydrogen) atoms. The second-order valence-electron chi connectivity index (χ2n) is 5.54. The van der Waals surface area contributed by atoms with Crippen molar-refractivity contribution < 1.29 is 18.0 Å². The van der Waals surface area contributed by atoms with Crippen molar-refractivity contribution in [2.45, 2.75) is 32.5 Å². The average Bonchev–Trinajstić information content (AvgIpc) is 2.99. The molecule has 0 N–H and O–H groups in total. The standard InChI is InChI=1S/C17H20F3N3O/c1-3-23-15(17(18,19)20)14(12-21-23)16(24)22(2)11-7-10-13-8-5-4-6-9-13/h4-6,8-9,12H,3,7,10-11H2,1-2H3. The number of nitrogens with zero attached hydrogens (tertiary/aromatic N) is 3. The molecule has 2 rings (SSSR count). The summed E-state index contributed by atoms with van der Waals surface area (Å²) in [6.07, 6.45) is -2.17. The van der Waals surface area contributed by atoms with E-state index >= 15 is 0 Å². The summed E-state index contributed by atoms with van der Waals surface area (Å²) in [5, 5.41) is 3.68. The van der Waals surface area contributed by atoms with Crippen molar-refractivity contribution in [1.29, 1.82) is 0 Å². The van der Waals surface area contributed by atoms with Gasteiger partial charge in [-0.1, -0.05) is 30.3 Å². The van der Waals surface area contributed by atoms with Crippen LogP contribution in [0.2, 0.25) is 0 Å². The van der Waals surface area contributed by atoms with Gasteiger partial charge in [-0.3, -0.25) is 9.48 Å². The molecule has 7 heteroatoms. The van der Waals surface area contributed by atoms with Gasteiger partial charge in [0.1, 0.15) is 0 Å². The van der Waals surface area contributed by atoms with Crippen LogP contribution in [-0.4, -0.2) is 34.2 Å².